The molecule has 0 fully saturated rings. The Hall–Kier alpha value is -1.43. The molecular formula is C14H11Cl2N3OS. The molecule has 0 aliphatic carbocycles. The Bertz CT molecular complexity index is 828. The van der Waals surface area contributed by atoms with Crippen LogP contribution in [0, 0.1) is 6.92 Å². The Kier molecular flexibility index (Phi) is 3.73. The van der Waals surface area contributed by atoms with Crippen molar-refractivity contribution in [1.82, 2.24) is 14.6 Å². The summed E-state index contributed by atoms with van der Waals surface area (Å²) in [6.07, 6.45) is 1.89. The van der Waals surface area contributed by atoms with Crippen molar-refractivity contribution in [3.8, 4) is 17.1 Å². The number of rotatable bonds is 2. The van der Waals surface area contributed by atoms with Gasteiger partial charge in [-0.05, 0) is 31.4 Å². The van der Waals surface area contributed by atoms with Crippen molar-refractivity contribution in [2.45, 2.75) is 11.8 Å². The largest absolute Gasteiger partial charge is 0.492 e. The van der Waals surface area contributed by atoms with Crippen LogP contribution in [0.15, 0.2) is 29.2 Å². The van der Waals surface area contributed by atoms with Gasteiger partial charge in [-0.3, -0.25) is 0 Å². The zero-order valence-corrected chi connectivity index (χ0v) is 13.6. The van der Waals surface area contributed by atoms with Crippen LogP contribution >= 0.6 is 35.0 Å². The quantitative estimate of drug-likeness (QED) is 0.701. The summed E-state index contributed by atoms with van der Waals surface area (Å²) in [5.41, 5.74) is 2.78. The van der Waals surface area contributed by atoms with Gasteiger partial charge in [-0.2, -0.15) is 9.61 Å². The van der Waals surface area contributed by atoms with Gasteiger partial charge in [0.25, 0.3) is 0 Å². The maximum Gasteiger partial charge on any atom is 0.229 e. The van der Waals surface area contributed by atoms with Crippen LogP contribution in [0.4, 0.5) is 0 Å². The molecule has 0 saturated heterocycles. The Morgan fingerprint density at radius 2 is 1.81 bits per heavy atom. The van der Waals surface area contributed by atoms with Gasteiger partial charge in [0.05, 0.1) is 16.3 Å². The van der Waals surface area contributed by atoms with E-state index >= 15 is 0 Å². The fourth-order valence-corrected chi connectivity index (χ4v) is 3.31. The molecule has 0 aliphatic rings. The van der Waals surface area contributed by atoms with Crippen molar-refractivity contribution in [2.75, 3.05) is 6.26 Å². The molecule has 0 atom stereocenters. The molecule has 0 bridgehead atoms. The van der Waals surface area contributed by atoms with Gasteiger partial charge in [0.1, 0.15) is 0 Å². The monoisotopic (exact) mass is 339 g/mol. The first-order valence-corrected chi connectivity index (χ1v) is 8.07. The minimum absolute atomic E-state index is 0.0874. The topological polar surface area (TPSA) is 50.4 Å². The number of halogens is 2. The predicted molar refractivity (Wildman–Crippen MR) is 86.6 cm³/mol. The molecule has 21 heavy (non-hydrogen) atoms. The van der Waals surface area contributed by atoms with Crippen molar-refractivity contribution in [1.29, 1.82) is 0 Å². The molecule has 0 amide bonds. The summed E-state index contributed by atoms with van der Waals surface area (Å²) in [5.74, 6) is 0.0874. The number of hydrogen-bond donors (Lipinski definition) is 1. The second kappa shape index (κ2) is 5.40. The Labute approximate surface area is 135 Å². The molecule has 0 unspecified atom stereocenters. The average molecular weight is 340 g/mol. The van der Waals surface area contributed by atoms with Crippen molar-refractivity contribution in [3.63, 3.8) is 0 Å². The lowest BCUT2D eigenvalue weighted by Crippen LogP contribution is -1.96. The highest BCUT2D eigenvalue weighted by Gasteiger charge is 2.15. The molecule has 1 aromatic carbocycles. The molecule has 0 spiro atoms. The minimum Gasteiger partial charge on any atom is -0.492 e. The maximum absolute atomic E-state index is 10.3. The van der Waals surface area contributed by atoms with Gasteiger partial charge in [0.2, 0.25) is 5.88 Å². The van der Waals surface area contributed by atoms with Gasteiger partial charge < -0.3 is 5.11 Å². The fraction of sp³-hybridized carbons (Fsp3) is 0.143. The summed E-state index contributed by atoms with van der Waals surface area (Å²) in [4.78, 5) is 5.16. The molecule has 4 nitrogen and oxygen atoms in total. The lowest BCUT2D eigenvalue weighted by atomic mass is 10.1. The first-order chi connectivity index (χ1) is 9.99. The molecule has 1 N–H and O–H groups in total. The number of aromatic hydroxyl groups is 1. The number of aryl methyl sites for hydroxylation is 1. The summed E-state index contributed by atoms with van der Waals surface area (Å²) >= 11 is 13.5. The molecule has 2 aromatic heterocycles. The SMILES string of the molecule is CSc1c(C)nc2cc(-c3cc(Cl)cc(Cl)c3)nn2c1O. The average Bonchev–Trinajstić information content (AvgIpc) is 2.82. The molecule has 0 saturated carbocycles. The normalized spacial score (nSPS) is 11.2. The third-order valence-corrected chi connectivity index (χ3v) is 4.39. The summed E-state index contributed by atoms with van der Waals surface area (Å²) in [5, 5.41) is 15.7. The van der Waals surface area contributed by atoms with E-state index in [0.29, 0.717) is 26.3 Å². The molecule has 0 aliphatic heterocycles. The first-order valence-electron chi connectivity index (χ1n) is 6.09. The van der Waals surface area contributed by atoms with E-state index < -0.39 is 0 Å². The number of thioether (sulfide) groups is 1. The fourth-order valence-electron chi connectivity index (χ4n) is 2.17. The van der Waals surface area contributed by atoms with Crippen molar-refractivity contribution >= 4 is 40.6 Å². The maximum atomic E-state index is 10.3. The van der Waals surface area contributed by atoms with Gasteiger partial charge in [-0.25, -0.2) is 4.98 Å². The lowest BCUT2D eigenvalue weighted by Gasteiger charge is -2.05. The minimum atomic E-state index is 0.0874. The lowest BCUT2D eigenvalue weighted by molar-refractivity contribution is 0.420. The highest BCUT2D eigenvalue weighted by atomic mass is 35.5. The smallest absolute Gasteiger partial charge is 0.229 e. The zero-order chi connectivity index (χ0) is 15.1. The van der Waals surface area contributed by atoms with E-state index in [1.54, 1.807) is 24.3 Å². The summed E-state index contributed by atoms with van der Waals surface area (Å²) < 4.78 is 1.42. The number of benzene rings is 1. The molecule has 3 rings (SSSR count). The number of fused-ring (bicyclic) bond motifs is 1. The zero-order valence-electron chi connectivity index (χ0n) is 11.3. The number of aromatic nitrogens is 3. The molecule has 108 valence electrons. The van der Waals surface area contributed by atoms with Crippen molar-refractivity contribution < 1.29 is 5.11 Å². The van der Waals surface area contributed by atoms with E-state index in [4.69, 9.17) is 23.2 Å². The van der Waals surface area contributed by atoms with Crippen LogP contribution in [-0.2, 0) is 0 Å². The van der Waals surface area contributed by atoms with Crippen LogP contribution in [0.1, 0.15) is 5.69 Å². The van der Waals surface area contributed by atoms with Crippen molar-refractivity contribution in [3.05, 3.63) is 40.0 Å². The van der Waals surface area contributed by atoms with Gasteiger partial charge >= 0.3 is 0 Å². The highest BCUT2D eigenvalue weighted by molar-refractivity contribution is 7.98. The predicted octanol–water partition coefficient (Wildman–Crippen LogP) is 4.44. The molecular weight excluding hydrogens is 329 g/mol. The van der Waals surface area contributed by atoms with Crippen LogP contribution in [0.5, 0.6) is 5.88 Å². The van der Waals surface area contributed by atoms with Gasteiger partial charge in [-0.15, -0.1) is 11.8 Å². The van der Waals surface area contributed by atoms with Crippen LogP contribution in [0.3, 0.4) is 0 Å². The van der Waals surface area contributed by atoms with Crippen LogP contribution in [0.25, 0.3) is 16.9 Å². The molecule has 0 radical (unpaired) electrons. The summed E-state index contributed by atoms with van der Waals surface area (Å²) in [6.45, 7) is 1.86. The summed E-state index contributed by atoms with van der Waals surface area (Å²) in [6, 6.07) is 7.00. The number of hydrogen-bond acceptors (Lipinski definition) is 4. The highest BCUT2D eigenvalue weighted by Crippen LogP contribution is 2.32. The third-order valence-electron chi connectivity index (χ3n) is 3.07. The Morgan fingerprint density at radius 1 is 1.14 bits per heavy atom. The molecule has 2 heterocycles. The van der Waals surface area contributed by atoms with Crippen LogP contribution in [-0.4, -0.2) is 26.0 Å². The van der Waals surface area contributed by atoms with E-state index in [2.05, 4.69) is 10.1 Å². The standard InChI is InChI=1S/C14H11Cl2N3OS/c1-7-13(21-2)14(20)19-12(17-7)6-11(18-19)8-3-9(15)5-10(16)4-8/h3-6,20H,1-2H3. The van der Waals surface area contributed by atoms with Gasteiger partial charge in [0, 0.05) is 21.7 Å². The van der Waals surface area contributed by atoms with Crippen LogP contribution < -0.4 is 0 Å². The van der Waals surface area contributed by atoms with E-state index in [1.807, 2.05) is 13.2 Å². The summed E-state index contributed by atoms with van der Waals surface area (Å²) in [7, 11) is 0. The van der Waals surface area contributed by atoms with E-state index in [0.717, 1.165) is 11.3 Å². The Balaban J connectivity index is 2.24. The van der Waals surface area contributed by atoms with Gasteiger partial charge in [-0.1, -0.05) is 23.2 Å². The third kappa shape index (κ3) is 2.57. The van der Waals surface area contributed by atoms with E-state index in [9.17, 15) is 5.11 Å². The molecule has 3 aromatic rings. The van der Waals surface area contributed by atoms with E-state index in [1.165, 1.54) is 16.3 Å². The first kappa shape index (κ1) is 14.5. The second-order valence-electron chi connectivity index (χ2n) is 4.51. The second-order valence-corrected chi connectivity index (χ2v) is 6.20. The Morgan fingerprint density at radius 3 is 2.43 bits per heavy atom. The van der Waals surface area contributed by atoms with Crippen LogP contribution in [0.2, 0.25) is 10.0 Å². The van der Waals surface area contributed by atoms with Crippen molar-refractivity contribution in [2.24, 2.45) is 0 Å². The number of nitrogens with zero attached hydrogens (tertiary/aromatic N) is 3. The molecule has 7 heteroatoms. The van der Waals surface area contributed by atoms with Gasteiger partial charge in [0.15, 0.2) is 5.65 Å². The van der Waals surface area contributed by atoms with E-state index in [-0.39, 0.29) is 5.88 Å².